The first kappa shape index (κ1) is 19.4. The Morgan fingerprint density at radius 1 is 1.18 bits per heavy atom. The Balaban J connectivity index is 1.64. The molecule has 5 heteroatoms. The molecule has 0 spiro atoms. The van der Waals surface area contributed by atoms with E-state index in [1.807, 2.05) is 6.08 Å². The third-order valence-electron chi connectivity index (χ3n) is 8.40. The molecular formula is C23H30O5. The molecule has 0 saturated heterocycles. The molecule has 5 nitrogen and oxygen atoms in total. The quantitative estimate of drug-likeness (QED) is 0.744. The summed E-state index contributed by atoms with van der Waals surface area (Å²) in [5.41, 5.74) is 0.518. The zero-order chi connectivity index (χ0) is 20.3. The molecule has 1 N–H and O–H groups in total. The molecule has 0 aliphatic heterocycles. The molecule has 4 aliphatic carbocycles. The van der Waals surface area contributed by atoms with Crippen LogP contribution in [0.3, 0.4) is 0 Å². The maximum Gasteiger partial charge on any atom is 0.303 e. The van der Waals surface area contributed by atoms with Gasteiger partial charge < -0.3 is 9.84 Å². The summed E-state index contributed by atoms with van der Waals surface area (Å²) in [5.74, 6) is 0.818. The predicted octanol–water partition coefficient (Wildman–Crippen LogP) is 3.93. The van der Waals surface area contributed by atoms with Crippen LogP contribution in [0.15, 0.2) is 23.5 Å². The fourth-order valence-corrected chi connectivity index (χ4v) is 6.91. The molecule has 0 bridgehead atoms. The molecule has 28 heavy (non-hydrogen) atoms. The molecular weight excluding hydrogens is 356 g/mol. The minimum Gasteiger partial charge on any atom is -0.508 e. The van der Waals surface area contributed by atoms with Crippen LogP contribution < -0.4 is 0 Å². The molecule has 0 aromatic rings. The molecule has 4 aliphatic rings. The number of rotatable bonds is 3. The van der Waals surface area contributed by atoms with E-state index in [0.29, 0.717) is 18.3 Å². The van der Waals surface area contributed by atoms with Crippen molar-refractivity contribution in [2.75, 3.05) is 6.61 Å². The van der Waals surface area contributed by atoms with E-state index in [1.165, 1.54) is 6.92 Å². The number of carbonyl (C=O) groups excluding carboxylic acids is 3. The maximum atomic E-state index is 12.8. The highest BCUT2D eigenvalue weighted by Gasteiger charge is 2.60. The molecule has 2 saturated carbocycles. The Morgan fingerprint density at radius 3 is 2.64 bits per heavy atom. The van der Waals surface area contributed by atoms with Crippen molar-refractivity contribution < 1.29 is 24.2 Å². The van der Waals surface area contributed by atoms with Gasteiger partial charge in [0, 0.05) is 30.3 Å². The Labute approximate surface area is 166 Å². The summed E-state index contributed by atoms with van der Waals surface area (Å²) in [6.45, 7) is 5.60. The van der Waals surface area contributed by atoms with E-state index in [0.717, 1.165) is 37.7 Å². The van der Waals surface area contributed by atoms with Crippen molar-refractivity contribution in [1.82, 2.24) is 0 Å². The van der Waals surface area contributed by atoms with Crippen LogP contribution in [0.25, 0.3) is 0 Å². The van der Waals surface area contributed by atoms with Crippen LogP contribution in [-0.2, 0) is 19.1 Å². The first-order valence-corrected chi connectivity index (χ1v) is 10.5. The lowest BCUT2D eigenvalue weighted by Gasteiger charge is -2.56. The number of carbonyl (C=O) groups is 3. The lowest BCUT2D eigenvalue weighted by molar-refractivity contribution is -0.148. The van der Waals surface area contributed by atoms with Gasteiger partial charge in [-0.15, -0.1) is 0 Å². The topological polar surface area (TPSA) is 80.7 Å². The van der Waals surface area contributed by atoms with Crippen LogP contribution in [0.2, 0.25) is 0 Å². The average Bonchev–Trinajstić information content (AvgIpc) is 2.99. The number of ketones is 2. The van der Waals surface area contributed by atoms with Crippen molar-refractivity contribution in [1.29, 1.82) is 0 Å². The van der Waals surface area contributed by atoms with Crippen LogP contribution in [0.4, 0.5) is 0 Å². The number of aliphatic hydroxyl groups excluding tert-OH is 1. The van der Waals surface area contributed by atoms with Crippen LogP contribution in [0, 0.1) is 34.5 Å². The minimum atomic E-state index is -0.420. The third kappa shape index (κ3) is 2.77. The number of ether oxygens (including phenoxy) is 1. The number of fused-ring (bicyclic) bond motifs is 5. The van der Waals surface area contributed by atoms with Gasteiger partial charge in [0.2, 0.25) is 0 Å². The second-order valence-electron chi connectivity index (χ2n) is 9.71. The Hall–Kier alpha value is -1.91. The highest BCUT2D eigenvalue weighted by molar-refractivity contribution is 5.92. The third-order valence-corrected chi connectivity index (χ3v) is 8.40. The van der Waals surface area contributed by atoms with Crippen LogP contribution >= 0.6 is 0 Å². The van der Waals surface area contributed by atoms with Gasteiger partial charge in [0.15, 0.2) is 11.6 Å². The highest BCUT2D eigenvalue weighted by Crippen LogP contribution is 2.65. The van der Waals surface area contributed by atoms with E-state index in [2.05, 4.69) is 13.8 Å². The lowest BCUT2D eigenvalue weighted by Crippen LogP contribution is -2.50. The minimum absolute atomic E-state index is 0.0257. The van der Waals surface area contributed by atoms with Crippen molar-refractivity contribution in [3.63, 3.8) is 0 Å². The van der Waals surface area contributed by atoms with Crippen molar-refractivity contribution in [2.45, 2.75) is 59.3 Å². The molecule has 0 aromatic heterocycles. The van der Waals surface area contributed by atoms with Crippen LogP contribution in [0.1, 0.15) is 59.3 Å². The van der Waals surface area contributed by atoms with Gasteiger partial charge in [0.05, 0.1) is 0 Å². The molecule has 0 aromatic carbocycles. The zero-order valence-electron chi connectivity index (χ0n) is 17.0. The number of allylic oxidation sites excluding steroid dienone is 3. The summed E-state index contributed by atoms with van der Waals surface area (Å²) in [6.07, 6.45) is 8.67. The number of Topliss-reactive ketones (excluding diaryl/α,β-unsaturated/α-hetero) is 1. The average molecular weight is 386 g/mol. The van der Waals surface area contributed by atoms with Gasteiger partial charge in [0.1, 0.15) is 12.4 Å². The molecule has 0 amide bonds. The van der Waals surface area contributed by atoms with E-state index < -0.39 is 5.97 Å². The number of aliphatic hydroxyl groups is 1. The molecule has 4 rings (SSSR count). The Morgan fingerprint density at radius 2 is 1.93 bits per heavy atom. The van der Waals surface area contributed by atoms with E-state index in [9.17, 15) is 19.5 Å². The van der Waals surface area contributed by atoms with E-state index in [-0.39, 0.29) is 46.6 Å². The van der Waals surface area contributed by atoms with Gasteiger partial charge in [-0.1, -0.05) is 13.8 Å². The second-order valence-corrected chi connectivity index (χ2v) is 9.71. The molecule has 0 heterocycles. The summed E-state index contributed by atoms with van der Waals surface area (Å²) in [5, 5.41) is 10.8. The molecule has 152 valence electrons. The number of esters is 1. The van der Waals surface area contributed by atoms with Gasteiger partial charge >= 0.3 is 5.97 Å². The summed E-state index contributed by atoms with van der Waals surface area (Å²) >= 11 is 0. The predicted molar refractivity (Wildman–Crippen MR) is 103 cm³/mol. The number of hydrogen-bond donors (Lipinski definition) is 1. The second kappa shape index (κ2) is 6.57. The Bertz CT molecular complexity index is 793. The van der Waals surface area contributed by atoms with Gasteiger partial charge in [0.25, 0.3) is 0 Å². The van der Waals surface area contributed by atoms with Crippen molar-refractivity contribution >= 4 is 17.5 Å². The van der Waals surface area contributed by atoms with Crippen molar-refractivity contribution in [2.24, 2.45) is 34.5 Å². The smallest absolute Gasteiger partial charge is 0.303 e. The fourth-order valence-electron chi connectivity index (χ4n) is 6.91. The van der Waals surface area contributed by atoms with Gasteiger partial charge in [-0.05, 0) is 67.4 Å². The zero-order valence-corrected chi connectivity index (χ0v) is 17.0. The lowest BCUT2D eigenvalue weighted by atomic mass is 9.48. The van der Waals surface area contributed by atoms with Crippen molar-refractivity contribution in [3.8, 4) is 0 Å². The molecule has 0 unspecified atom stereocenters. The first-order valence-electron chi connectivity index (χ1n) is 10.5. The summed E-state index contributed by atoms with van der Waals surface area (Å²) in [6, 6.07) is 0. The molecule has 6 atom stereocenters. The SMILES string of the molecule is CC(=O)OCC(=O)[C@H]1CC[C@H]2[C@@H]3C=C(O)C4=CC(=O)CC[C@]4(C)[C@H]3CC[C@]12C. The van der Waals surface area contributed by atoms with Crippen LogP contribution in [0.5, 0.6) is 0 Å². The highest BCUT2D eigenvalue weighted by atomic mass is 16.5. The van der Waals surface area contributed by atoms with Gasteiger partial charge in [-0.25, -0.2) is 0 Å². The fraction of sp³-hybridized carbons (Fsp3) is 0.696. The van der Waals surface area contributed by atoms with E-state index in [1.54, 1.807) is 6.08 Å². The summed E-state index contributed by atoms with van der Waals surface area (Å²) in [4.78, 5) is 35.8. The summed E-state index contributed by atoms with van der Waals surface area (Å²) in [7, 11) is 0. The first-order chi connectivity index (χ1) is 13.2. The number of hydrogen-bond acceptors (Lipinski definition) is 5. The molecule has 0 radical (unpaired) electrons. The Kier molecular flexibility index (Phi) is 4.55. The van der Waals surface area contributed by atoms with E-state index in [4.69, 9.17) is 4.74 Å². The van der Waals surface area contributed by atoms with Crippen LogP contribution in [-0.4, -0.2) is 29.2 Å². The normalized spacial score (nSPS) is 41.9. The maximum absolute atomic E-state index is 12.8. The molecule has 2 fully saturated rings. The largest absolute Gasteiger partial charge is 0.508 e. The standard InChI is InChI=1S/C23H30O5/c1-13(24)28-12-21(27)18-5-4-16-15-11-20(26)19-10-14(25)6-8-23(19,3)17(15)7-9-22(16,18)2/h10-11,15-18,26H,4-9,12H2,1-3H3/t15-,16-,17-,18+,22-,23+/m0/s1. The van der Waals surface area contributed by atoms with Crippen molar-refractivity contribution in [3.05, 3.63) is 23.5 Å². The van der Waals surface area contributed by atoms with Gasteiger partial charge in [-0.2, -0.15) is 0 Å². The summed E-state index contributed by atoms with van der Waals surface area (Å²) < 4.78 is 4.98. The monoisotopic (exact) mass is 386 g/mol. The van der Waals surface area contributed by atoms with Gasteiger partial charge in [-0.3, -0.25) is 14.4 Å². The van der Waals surface area contributed by atoms with E-state index >= 15 is 0 Å².